The third kappa shape index (κ3) is 2.99. The van der Waals surface area contributed by atoms with E-state index in [1.54, 1.807) is 7.11 Å². The molecule has 1 unspecified atom stereocenters. The molecule has 2 N–H and O–H groups in total. The first kappa shape index (κ1) is 12.4. The minimum Gasteiger partial charge on any atom is -0.497 e. The van der Waals surface area contributed by atoms with Crippen LogP contribution in [-0.4, -0.2) is 26.2 Å². The van der Waals surface area contributed by atoms with Gasteiger partial charge in [0.05, 0.1) is 7.11 Å². The van der Waals surface area contributed by atoms with Crippen molar-refractivity contribution < 1.29 is 4.74 Å². The Bertz CT molecular complexity index is 376. The molecule has 1 aromatic rings. The lowest BCUT2D eigenvalue weighted by Crippen LogP contribution is -2.38. The second-order valence-corrected chi connectivity index (χ2v) is 4.88. The van der Waals surface area contributed by atoms with Gasteiger partial charge < -0.3 is 15.4 Å². The fourth-order valence-corrected chi connectivity index (χ4v) is 2.29. The molecule has 0 radical (unpaired) electrons. The second kappa shape index (κ2) is 5.52. The molecule has 0 saturated carbocycles. The van der Waals surface area contributed by atoms with Gasteiger partial charge in [-0.2, -0.15) is 0 Å². The van der Waals surface area contributed by atoms with Gasteiger partial charge in [-0.05, 0) is 36.2 Å². The average molecular weight is 234 g/mol. The summed E-state index contributed by atoms with van der Waals surface area (Å²) in [7, 11) is 1.72. The summed E-state index contributed by atoms with van der Waals surface area (Å²) in [4.78, 5) is 0. The zero-order valence-corrected chi connectivity index (χ0v) is 10.9. The Hall–Kier alpha value is -1.06. The van der Waals surface area contributed by atoms with Gasteiger partial charge in [-0.3, -0.25) is 0 Å². The Morgan fingerprint density at radius 1 is 1.47 bits per heavy atom. The van der Waals surface area contributed by atoms with Crippen LogP contribution in [-0.2, 0) is 6.42 Å². The molecule has 1 heterocycles. The SMILES string of the molecule is COc1ccc2c(c1)CCNC2CNC(C)C. The molecule has 0 aromatic heterocycles. The molecule has 0 bridgehead atoms. The highest BCUT2D eigenvalue weighted by Crippen LogP contribution is 2.26. The zero-order chi connectivity index (χ0) is 12.3. The minimum atomic E-state index is 0.423. The van der Waals surface area contributed by atoms with E-state index in [1.807, 2.05) is 6.07 Å². The van der Waals surface area contributed by atoms with Gasteiger partial charge in [0.25, 0.3) is 0 Å². The first-order valence-corrected chi connectivity index (χ1v) is 6.34. The minimum absolute atomic E-state index is 0.423. The third-order valence-electron chi connectivity index (χ3n) is 3.24. The summed E-state index contributed by atoms with van der Waals surface area (Å²) in [5, 5.41) is 7.06. The highest BCUT2D eigenvalue weighted by molar-refractivity contribution is 5.39. The number of methoxy groups -OCH3 is 1. The summed E-state index contributed by atoms with van der Waals surface area (Å²) >= 11 is 0. The van der Waals surface area contributed by atoms with Crippen molar-refractivity contribution in [3.05, 3.63) is 29.3 Å². The highest BCUT2D eigenvalue weighted by Gasteiger charge is 2.19. The van der Waals surface area contributed by atoms with E-state index in [0.29, 0.717) is 12.1 Å². The van der Waals surface area contributed by atoms with Crippen LogP contribution in [0.1, 0.15) is 31.0 Å². The molecule has 3 heteroatoms. The fraction of sp³-hybridized carbons (Fsp3) is 0.571. The number of nitrogens with one attached hydrogen (secondary N) is 2. The first-order valence-electron chi connectivity index (χ1n) is 6.34. The predicted molar refractivity (Wildman–Crippen MR) is 70.6 cm³/mol. The number of rotatable bonds is 4. The maximum Gasteiger partial charge on any atom is 0.119 e. The van der Waals surface area contributed by atoms with Gasteiger partial charge in [0.1, 0.15) is 5.75 Å². The number of fused-ring (bicyclic) bond motifs is 1. The Balaban J connectivity index is 2.14. The molecule has 1 aromatic carbocycles. The standard InChI is InChI=1S/C14H22N2O/c1-10(2)16-9-14-13-5-4-12(17-3)8-11(13)6-7-15-14/h4-5,8,10,14-16H,6-7,9H2,1-3H3. The molecule has 17 heavy (non-hydrogen) atoms. The lowest BCUT2D eigenvalue weighted by atomic mass is 9.94. The maximum atomic E-state index is 5.28. The van der Waals surface area contributed by atoms with Crippen LogP contribution >= 0.6 is 0 Å². The molecule has 0 amide bonds. The van der Waals surface area contributed by atoms with Crippen molar-refractivity contribution in [2.75, 3.05) is 20.2 Å². The van der Waals surface area contributed by atoms with Crippen molar-refractivity contribution in [3.63, 3.8) is 0 Å². The summed E-state index contributed by atoms with van der Waals surface area (Å²) in [5.74, 6) is 0.959. The van der Waals surface area contributed by atoms with Crippen LogP contribution in [0.5, 0.6) is 5.75 Å². The third-order valence-corrected chi connectivity index (χ3v) is 3.24. The molecule has 0 aliphatic carbocycles. The van der Waals surface area contributed by atoms with Crippen LogP contribution in [0.4, 0.5) is 0 Å². The second-order valence-electron chi connectivity index (χ2n) is 4.88. The number of hydrogen-bond donors (Lipinski definition) is 2. The first-order chi connectivity index (χ1) is 8.20. The smallest absolute Gasteiger partial charge is 0.119 e. The van der Waals surface area contributed by atoms with Crippen LogP contribution in [0.2, 0.25) is 0 Å². The van der Waals surface area contributed by atoms with E-state index in [2.05, 4.69) is 36.6 Å². The maximum absolute atomic E-state index is 5.28. The molecule has 1 aliphatic rings. The quantitative estimate of drug-likeness (QED) is 0.834. The monoisotopic (exact) mass is 234 g/mol. The topological polar surface area (TPSA) is 33.3 Å². The lowest BCUT2D eigenvalue weighted by Gasteiger charge is -2.28. The van der Waals surface area contributed by atoms with Crippen LogP contribution in [0.25, 0.3) is 0 Å². The fourth-order valence-electron chi connectivity index (χ4n) is 2.29. The van der Waals surface area contributed by atoms with Crippen molar-refractivity contribution in [1.82, 2.24) is 10.6 Å². The summed E-state index contributed by atoms with van der Waals surface area (Å²) < 4.78 is 5.28. The van der Waals surface area contributed by atoms with E-state index in [-0.39, 0.29) is 0 Å². The van der Waals surface area contributed by atoms with E-state index in [9.17, 15) is 0 Å². The van der Waals surface area contributed by atoms with Crippen LogP contribution in [0, 0.1) is 0 Å². The highest BCUT2D eigenvalue weighted by atomic mass is 16.5. The Morgan fingerprint density at radius 2 is 2.29 bits per heavy atom. The normalized spacial score (nSPS) is 19.2. The van der Waals surface area contributed by atoms with E-state index in [1.165, 1.54) is 11.1 Å². The van der Waals surface area contributed by atoms with Crippen molar-refractivity contribution >= 4 is 0 Å². The molecule has 0 fully saturated rings. The number of benzene rings is 1. The van der Waals surface area contributed by atoms with Crippen molar-refractivity contribution in [2.45, 2.75) is 32.4 Å². The van der Waals surface area contributed by atoms with Gasteiger partial charge in [-0.25, -0.2) is 0 Å². The molecule has 2 rings (SSSR count). The van der Waals surface area contributed by atoms with E-state index >= 15 is 0 Å². The van der Waals surface area contributed by atoms with Crippen molar-refractivity contribution in [1.29, 1.82) is 0 Å². The molecule has 1 aliphatic heterocycles. The molecule has 0 saturated heterocycles. The molecular weight excluding hydrogens is 212 g/mol. The molecule has 1 atom stereocenters. The summed E-state index contributed by atoms with van der Waals surface area (Å²) in [6.07, 6.45) is 1.09. The Morgan fingerprint density at radius 3 is 3.00 bits per heavy atom. The van der Waals surface area contributed by atoms with Crippen molar-refractivity contribution in [3.8, 4) is 5.75 Å². The summed E-state index contributed by atoms with van der Waals surface area (Å²) in [6, 6.07) is 7.35. The van der Waals surface area contributed by atoms with Gasteiger partial charge in [-0.15, -0.1) is 0 Å². The average Bonchev–Trinajstić information content (AvgIpc) is 2.35. The van der Waals surface area contributed by atoms with Gasteiger partial charge >= 0.3 is 0 Å². The van der Waals surface area contributed by atoms with E-state index < -0.39 is 0 Å². The number of ether oxygens (including phenoxy) is 1. The van der Waals surface area contributed by atoms with Crippen LogP contribution in [0.3, 0.4) is 0 Å². The van der Waals surface area contributed by atoms with Crippen LogP contribution in [0.15, 0.2) is 18.2 Å². The van der Waals surface area contributed by atoms with Gasteiger partial charge in [0, 0.05) is 18.6 Å². The molecule has 3 nitrogen and oxygen atoms in total. The summed E-state index contributed by atoms with van der Waals surface area (Å²) in [5.41, 5.74) is 2.82. The molecule has 0 spiro atoms. The predicted octanol–water partition coefficient (Wildman–Crippen LogP) is 1.88. The lowest BCUT2D eigenvalue weighted by molar-refractivity contribution is 0.410. The Labute approximate surface area is 104 Å². The van der Waals surface area contributed by atoms with Gasteiger partial charge in [0.2, 0.25) is 0 Å². The van der Waals surface area contributed by atoms with Crippen LogP contribution < -0.4 is 15.4 Å². The molecule has 94 valence electrons. The van der Waals surface area contributed by atoms with E-state index in [0.717, 1.165) is 25.3 Å². The van der Waals surface area contributed by atoms with Gasteiger partial charge in [-0.1, -0.05) is 19.9 Å². The van der Waals surface area contributed by atoms with E-state index in [4.69, 9.17) is 4.74 Å². The Kier molecular flexibility index (Phi) is 4.02. The van der Waals surface area contributed by atoms with Gasteiger partial charge in [0.15, 0.2) is 0 Å². The zero-order valence-electron chi connectivity index (χ0n) is 10.9. The number of hydrogen-bond acceptors (Lipinski definition) is 3. The van der Waals surface area contributed by atoms with Crippen molar-refractivity contribution in [2.24, 2.45) is 0 Å². The summed E-state index contributed by atoms with van der Waals surface area (Å²) in [6.45, 7) is 6.39. The largest absolute Gasteiger partial charge is 0.497 e. The molecular formula is C14H22N2O.